The first-order chi connectivity index (χ1) is 7.58. The van der Waals surface area contributed by atoms with Crippen LogP contribution in [0.2, 0.25) is 0 Å². The molecule has 0 spiro atoms. The van der Waals surface area contributed by atoms with E-state index in [0.717, 1.165) is 17.4 Å². The Morgan fingerprint density at radius 3 is 2.88 bits per heavy atom. The van der Waals surface area contributed by atoms with Crippen molar-refractivity contribution in [3.05, 3.63) is 11.1 Å². The molecule has 0 aromatic carbocycles. The van der Waals surface area contributed by atoms with E-state index in [1.165, 1.54) is 0 Å². The molecular formula is C10H18N4OS. The summed E-state index contributed by atoms with van der Waals surface area (Å²) >= 11 is 1.62. The van der Waals surface area contributed by atoms with Gasteiger partial charge in [-0.2, -0.15) is 0 Å². The van der Waals surface area contributed by atoms with Crippen molar-refractivity contribution in [2.24, 2.45) is 16.8 Å². The average Bonchev–Trinajstić information content (AvgIpc) is 2.71. The number of nitrogens with two attached hydrogens (primary N) is 1. The zero-order valence-corrected chi connectivity index (χ0v) is 10.7. The molecule has 16 heavy (non-hydrogen) atoms. The molecule has 0 aliphatic heterocycles. The lowest BCUT2D eigenvalue weighted by molar-refractivity contribution is 0.314. The van der Waals surface area contributed by atoms with Crippen molar-refractivity contribution in [3.63, 3.8) is 0 Å². The van der Waals surface area contributed by atoms with Gasteiger partial charge in [0.1, 0.15) is 5.84 Å². The molecule has 1 atom stereocenters. The van der Waals surface area contributed by atoms with Crippen LogP contribution in [0.3, 0.4) is 0 Å². The molecule has 0 aliphatic rings. The lowest BCUT2D eigenvalue weighted by atomic mass is 10.1. The van der Waals surface area contributed by atoms with Crippen LogP contribution >= 0.6 is 11.3 Å². The van der Waals surface area contributed by atoms with Gasteiger partial charge in [-0.05, 0) is 13.8 Å². The van der Waals surface area contributed by atoms with Crippen LogP contribution < -0.4 is 10.6 Å². The molecule has 1 unspecified atom stereocenters. The topological polar surface area (TPSA) is 74.7 Å². The molecule has 3 N–H and O–H groups in total. The summed E-state index contributed by atoms with van der Waals surface area (Å²) in [5, 5.41) is 14.6. The van der Waals surface area contributed by atoms with Crippen LogP contribution in [-0.2, 0) is 0 Å². The van der Waals surface area contributed by atoms with E-state index in [1.54, 1.807) is 11.3 Å². The van der Waals surface area contributed by atoms with Crippen molar-refractivity contribution in [1.82, 2.24) is 4.98 Å². The number of aromatic nitrogens is 1. The highest BCUT2D eigenvalue weighted by Crippen LogP contribution is 2.20. The Morgan fingerprint density at radius 1 is 1.75 bits per heavy atom. The van der Waals surface area contributed by atoms with E-state index in [4.69, 9.17) is 10.9 Å². The Labute approximate surface area is 99.6 Å². The third kappa shape index (κ3) is 3.10. The standard InChI is InChI=1S/C10H18N4OS/c1-4-14(5-7(2)9(11)13-15)10-12-8(3)6-16-10/h6-7,15H,4-5H2,1-3H3,(H2,11,13). The molecule has 90 valence electrons. The zero-order chi connectivity index (χ0) is 12.1. The van der Waals surface area contributed by atoms with Gasteiger partial charge in [-0.15, -0.1) is 11.3 Å². The summed E-state index contributed by atoms with van der Waals surface area (Å²) in [4.78, 5) is 6.55. The molecule has 0 saturated heterocycles. The van der Waals surface area contributed by atoms with E-state index in [9.17, 15) is 0 Å². The van der Waals surface area contributed by atoms with Crippen LogP contribution in [0.1, 0.15) is 19.5 Å². The fourth-order valence-corrected chi connectivity index (χ4v) is 2.23. The number of aryl methyl sites for hydroxylation is 1. The van der Waals surface area contributed by atoms with Gasteiger partial charge in [0.15, 0.2) is 5.13 Å². The molecule has 0 saturated carbocycles. The maximum absolute atomic E-state index is 8.60. The van der Waals surface area contributed by atoms with Crippen molar-refractivity contribution in [3.8, 4) is 0 Å². The highest BCUT2D eigenvalue weighted by atomic mass is 32.1. The normalized spacial score (nSPS) is 13.8. The number of oxime groups is 1. The van der Waals surface area contributed by atoms with Gasteiger partial charge < -0.3 is 15.8 Å². The molecule has 0 radical (unpaired) electrons. The van der Waals surface area contributed by atoms with Crippen molar-refractivity contribution in [2.75, 3.05) is 18.0 Å². The third-order valence-electron chi connectivity index (χ3n) is 2.37. The summed E-state index contributed by atoms with van der Waals surface area (Å²) in [7, 11) is 0. The van der Waals surface area contributed by atoms with Gasteiger partial charge in [0.05, 0.1) is 5.69 Å². The van der Waals surface area contributed by atoms with Crippen LogP contribution in [0.25, 0.3) is 0 Å². The summed E-state index contributed by atoms with van der Waals surface area (Å²) < 4.78 is 0. The summed E-state index contributed by atoms with van der Waals surface area (Å²) in [5.74, 6) is 0.265. The molecule has 0 amide bonds. The first-order valence-electron chi connectivity index (χ1n) is 5.23. The van der Waals surface area contributed by atoms with Gasteiger partial charge in [0.25, 0.3) is 0 Å². The summed E-state index contributed by atoms with van der Waals surface area (Å²) in [5.41, 5.74) is 6.58. The van der Waals surface area contributed by atoms with Gasteiger partial charge in [-0.1, -0.05) is 12.1 Å². The van der Waals surface area contributed by atoms with Crippen molar-refractivity contribution in [1.29, 1.82) is 0 Å². The van der Waals surface area contributed by atoms with Crippen LogP contribution in [0.4, 0.5) is 5.13 Å². The summed E-state index contributed by atoms with van der Waals surface area (Å²) in [6.45, 7) is 7.53. The molecule has 1 rings (SSSR count). The number of anilines is 1. The van der Waals surface area contributed by atoms with Crippen LogP contribution in [0.5, 0.6) is 0 Å². The minimum Gasteiger partial charge on any atom is -0.409 e. The Bertz CT molecular complexity index is 363. The smallest absolute Gasteiger partial charge is 0.185 e. The van der Waals surface area contributed by atoms with E-state index in [-0.39, 0.29) is 11.8 Å². The molecule has 0 fully saturated rings. The molecule has 0 bridgehead atoms. The second kappa shape index (κ2) is 5.69. The van der Waals surface area contributed by atoms with E-state index >= 15 is 0 Å². The predicted octanol–water partition coefficient (Wildman–Crippen LogP) is 1.66. The molecule has 1 heterocycles. The monoisotopic (exact) mass is 242 g/mol. The van der Waals surface area contributed by atoms with E-state index in [0.29, 0.717) is 6.54 Å². The lowest BCUT2D eigenvalue weighted by Crippen LogP contribution is -2.34. The number of hydrogen-bond acceptors (Lipinski definition) is 5. The number of hydrogen-bond donors (Lipinski definition) is 2. The van der Waals surface area contributed by atoms with Crippen LogP contribution in [0, 0.1) is 12.8 Å². The molecule has 5 nitrogen and oxygen atoms in total. The average molecular weight is 242 g/mol. The van der Waals surface area contributed by atoms with E-state index < -0.39 is 0 Å². The Morgan fingerprint density at radius 2 is 2.44 bits per heavy atom. The van der Waals surface area contributed by atoms with Gasteiger partial charge in [-0.25, -0.2) is 4.98 Å². The predicted molar refractivity (Wildman–Crippen MR) is 67.3 cm³/mol. The molecular weight excluding hydrogens is 224 g/mol. The minimum absolute atomic E-state index is 0.00848. The van der Waals surface area contributed by atoms with Gasteiger partial charge in [0.2, 0.25) is 0 Å². The highest BCUT2D eigenvalue weighted by Gasteiger charge is 2.15. The van der Waals surface area contributed by atoms with Gasteiger partial charge in [0, 0.05) is 24.4 Å². The summed E-state index contributed by atoms with van der Waals surface area (Å²) in [6, 6.07) is 0. The Kier molecular flexibility index (Phi) is 4.54. The van der Waals surface area contributed by atoms with Crippen LogP contribution in [0.15, 0.2) is 10.5 Å². The minimum atomic E-state index is 0.00848. The first kappa shape index (κ1) is 12.8. The van der Waals surface area contributed by atoms with Gasteiger partial charge >= 0.3 is 0 Å². The maximum atomic E-state index is 8.60. The largest absolute Gasteiger partial charge is 0.409 e. The number of amidine groups is 1. The summed E-state index contributed by atoms with van der Waals surface area (Å²) in [6.07, 6.45) is 0. The second-order valence-electron chi connectivity index (χ2n) is 3.74. The van der Waals surface area contributed by atoms with Crippen LogP contribution in [-0.4, -0.2) is 29.1 Å². The lowest BCUT2D eigenvalue weighted by Gasteiger charge is -2.23. The molecule has 0 aliphatic carbocycles. The fourth-order valence-electron chi connectivity index (χ4n) is 1.35. The Balaban J connectivity index is 2.69. The van der Waals surface area contributed by atoms with Crippen molar-refractivity contribution < 1.29 is 5.21 Å². The van der Waals surface area contributed by atoms with E-state index in [2.05, 4.69) is 22.0 Å². The van der Waals surface area contributed by atoms with Gasteiger partial charge in [-0.3, -0.25) is 0 Å². The highest BCUT2D eigenvalue weighted by molar-refractivity contribution is 7.13. The second-order valence-corrected chi connectivity index (χ2v) is 4.57. The maximum Gasteiger partial charge on any atom is 0.185 e. The molecule has 1 aromatic rings. The number of rotatable bonds is 5. The van der Waals surface area contributed by atoms with Crippen molar-refractivity contribution in [2.45, 2.75) is 20.8 Å². The Hall–Kier alpha value is -1.30. The molecule has 1 aromatic heterocycles. The molecule has 6 heteroatoms. The fraction of sp³-hybridized carbons (Fsp3) is 0.600. The van der Waals surface area contributed by atoms with Crippen molar-refractivity contribution >= 4 is 22.3 Å². The first-order valence-corrected chi connectivity index (χ1v) is 6.11. The zero-order valence-electron chi connectivity index (χ0n) is 9.84. The third-order valence-corrected chi connectivity index (χ3v) is 3.39. The number of thiazole rings is 1. The van der Waals surface area contributed by atoms with E-state index in [1.807, 2.05) is 19.2 Å². The number of nitrogens with zero attached hydrogens (tertiary/aromatic N) is 3. The SMILES string of the molecule is CCN(CC(C)C(N)=NO)c1nc(C)cs1. The quantitative estimate of drug-likeness (QED) is 0.356.